The van der Waals surface area contributed by atoms with Crippen LogP contribution in [-0.4, -0.2) is 50.3 Å². The molecule has 1 aliphatic heterocycles. The van der Waals surface area contributed by atoms with Crippen molar-refractivity contribution in [1.29, 1.82) is 0 Å². The Balaban J connectivity index is 0.00000320. The maximum Gasteiger partial charge on any atom is 0.191 e. The van der Waals surface area contributed by atoms with Gasteiger partial charge < -0.3 is 15.4 Å². The van der Waals surface area contributed by atoms with E-state index >= 15 is 0 Å². The van der Waals surface area contributed by atoms with E-state index in [9.17, 15) is 0 Å². The van der Waals surface area contributed by atoms with Crippen molar-refractivity contribution >= 4 is 29.9 Å². The molecule has 1 unspecified atom stereocenters. The summed E-state index contributed by atoms with van der Waals surface area (Å²) in [5.41, 5.74) is 4.06. The van der Waals surface area contributed by atoms with Crippen LogP contribution in [0.1, 0.15) is 30.0 Å². The molecule has 1 saturated heterocycles. The third-order valence-electron chi connectivity index (χ3n) is 5.38. The van der Waals surface area contributed by atoms with Crippen LogP contribution in [0, 0.1) is 0 Å². The first-order valence-corrected chi connectivity index (χ1v) is 10.6. The minimum absolute atomic E-state index is 0. The number of nitrogens with zero attached hydrogens (tertiary/aromatic N) is 2. The first kappa shape index (κ1) is 24.6. The number of hydrogen-bond donors (Lipinski definition) is 2. The van der Waals surface area contributed by atoms with Crippen LogP contribution in [0.3, 0.4) is 0 Å². The number of hydrogen-bond acceptors (Lipinski definition) is 3. The van der Waals surface area contributed by atoms with Gasteiger partial charge in [0.05, 0.1) is 13.2 Å². The average Bonchev–Trinajstić information content (AvgIpc) is 2.77. The molecule has 0 aromatic heterocycles. The molecule has 30 heavy (non-hydrogen) atoms. The molecular formula is C24H35IN4O. The molecule has 0 radical (unpaired) electrons. The molecule has 0 aliphatic carbocycles. The lowest BCUT2D eigenvalue weighted by molar-refractivity contribution is 0.0341. The summed E-state index contributed by atoms with van der Waals surface area (Å²) >= 11 is 0. The Kier molecular flexibility index (Phi) is 11.2. The zero-order valence-electron chi connectivity index (χ0n) is 18.1. The first-order chi connectivity index (χ1) is 14.2. The number of aryl methyl sites for hydroxylation is 1. The van der Waals surface area contributed by atoms with Crippen molar-refractivity contribution in [3.63, 3.8) is 0 Å². The summed E-state index contributed by atoms with van der Waals surface area (Å²) < 4.78 is 5.47. The van der Waals surface area contributed by atoms with Gasteiger partial charge in [0, 0.05) is 39.3 Å². The zero-order chi connectivity index (χ0) is 20.3. The molecule has 1 aliphatic rings. The predicted molar refractivity (Wildman–Crippen MR) is 136 cm³/mol. The highest BCUT2D eigenvalue weighted by Crippen LogP contribution is 2.13. The fourth-order valence-electron chi connectivity index (χ4n) is 3.59. The number of rotatable bonds is 8. The quantitative estimate of drug-likeness (QED) is 0.315. The fourth-order valence-corrected chi connectivity index (χ4v) is 3.59. The monoisotopic (exact) mass is 522 g/mol. The second-order valence-electron chi connectivity index (χ2n) is 7.65. The number of guanidine groups is 1. The van der Waals surface area contributed by atoms with Gasteiger partial charge in [0.15, 0.2) is 5.96 Å². The smallest absolute Gasteiger partial charge is 0.191 e. The largest absolute Gasteiger partial charge is 0.379 e. The number of aliphatic imine (C=N–C) groups is 1. The highest BCUT2D eigenvalue weighted by Gasteiger charge is 2.13. The van der Waals surface area contributed by atoms with Gasteiger partial charge in [-0.3, -0.25) is 9.89 Å². The van der Waals surface area contributed by atoms with Crippen LogP contribution in [0.2, 0.25) is 0 Å². The van der Waals surface area contributed by atoms with Crippen molar-refractivity contribution in [3.8, 4) is 0 Å². The molecule has 164 valence electrons. The molecular weight excluding hydrogens is 487 g/mol. The van der Waals surface area contributed by atoms with Crippen LogP contribution in [-0.2, 0) is 24.2 Å². The molecule has 1 atom stereocenters. The standard InChI is InChI=1S/C24H34N4O.HI/c1-20(12-13-21-8-4-3-5-9-21)27-24(25-2)26-18-22-10-6-7-11-23(22)19-28-14-16-29-17-15-28;/h3-11,20H,12-19H2,1-2H3,(H2,25,26,27);1H. The Labute approximate surface area is 198 Å². The molecule has 0 amide bonds. The molecule has 2 aromatic carbocycles. The number of morpholine rings is 1. The molecule has 3 rings (SSSR count). The number of benzene rings is 2. The third-order valence-corrected chi connectivity index (χ3v) is 5.38. The van der Waals surface area contributed by atoms with E-state index in [4.69, 9.17) is 4.74 Å². The van der Waals surface area contributed by atoms with E-state index < -0.39 is 0 Å². The van der Waals surface area contributed by atoms with Gasteiger partial charge in [-0.1, -0.05) is 54.6 Å². The van der Waals surface area contributed by atoms with Crippen LogP contribution < -0.4 is 10.6 Å². The predicted octanol–water partition coefficient (Wildman–Crippen LogP) is 3.82. The van der Waals surface area contributed by atoms with Crippen LogP contribution in [0.4, 0.5) is 0 Å². The third kappa shape index (κ3) is 8.24. The van der Waals surface area contributed by atoms with Gasteiger partial charge in [0.2, 0.25) is 0 Å². The fraction of sp³-hybridized carbons (Fsp3) is 0.458. The minimum atomic E-state index is 0. The summed E-state index contributed by atoms with van der Waals surface area (Å²) in [4.78, 5) is 6.87. The molecule has 0 bridgehead atoms. The van der Waals surface area contributed by atoms with E-state index in [1.54, 1.807) is 0 Å². The Morgan fingerprint density at radius 3 is 2.40 bits per heavy atom. The van der Waals surface area contributed by atoms with Crippen molar-refractivity contribution in [1.82, 2.24) is 15.5 Å². The maximum atomic E-state index is 5.47. The summed E-state index contributed by atoms with van der Waals surface area (Å²) in [5, 5.41) is 7.01. The minimum Gasteiger partial charge on any atom is -0.379 e. The maximum absolute atomic E-state index is 5.47. The second-order valence-corrected chi connectivity index (χ2v) is 7.65. The van der Waals surface area contributed by atoms with Gasteiger partial charge in [0.1, 0.15) is 0 Å². The topological polar surface area (TPSA) is 48.9 Å². The second kappa shape index (κ2) is 13.6. The normalized spacial score (nSPS) is 15.9. The van der Waals surface area contributed by atoms with Gasteiger partial charge in [-0.2, -0.15) is 0 Å². The van der Waals surface area contributed by atoms with Crippen LogP contribution in [0.5, 0.6) is 0 Å². The molecule has 5 nitrogen and oxygen atoms in total. The van der Waals surface area contributed by atoms with E-state index in [1.807, 2.05) is 7.05 Å². The van der Waals surface area contributed by atoms with Gasteiger partial charge in [0.25, 0.3) is 0 Å². The lowest BCUT2D eigenvalue weighted by Crippen LogP contribution is -2.42. The Hall–Kier alpha value is -1.64. The summed E-state index contributed by atoms with van der Waals surface area (Å²) in [6, 6.07) is 19.6. The molecule has 6 heteroatoms. The highest BCUT2D eigenvalue weighted by molar-refractivity contribution is 14.0. The number of halogens is 1. The summed E-state index contributed by atoms with van der Waals surface area (Å²) in [6.07, 6.45) is 2.13. The lowest BCUT2D eigenvalue weighted by Gasteiger charge is -2.27. The summed E-state index contributed by atoms with van der Waals surface area (Å²) in [7, 11) is 1.83. The highest BCUT2D eigenvalue weighted by atomic mass is 127. The first-order valence-electron chi connectivity index (χ1n) is 10.6. The molecule has 2 N–H and O–H groups in total. The van der Waals surface area contributed by atoms with Crippen molar-refractivity contribution in [2.75, 3.05) is 33.4 Å². The van der Waals surface area contributed by atoms with Crippen molar-refractivity contribution in [3.05, 3.63) is 71.3 Å². The van der Waals surface area contributed by atoms with Crippen LogP contribution in [0.15, 0.2) is 59.6 Å². The van der Waals surface area contributed by atoms with Crippen LogP contribution in [0.25, 0.3) is 0 Å². The van der Waals surface area contributed by atoms with E-state index in [2.05, 4.69) is 82.0 Å². The van der Waals surface area contributed by atoms with Crippen LogP contribution >= 0.6 is 24.0 Å². The zero-order valence-corrected chi connectivity index (χ0v) is 20.5. The van der Waals surface area contributed by atoms with E-state index in [0.717, 1.165) is 58.2 Å². The molecule has 1 fully saturated rings. The average molecular weight is 522 g/mol. The number of nitrogens with one attached hydrogen (secondary N) is 2. The van der Waals surface area contributed by atoms with Gasteiger partial charge >= 0.3 is 0 Å². The molecule has 0 spiro atoms. The van der Waals surface area contributed by atoms with Gasteiger partial charge in [-0.15, -0.1) is 24.0 Å². The Morgan fingerprint density at radius 2 is 1.70 bits per heavy atom. The van der Waals surface area contributed by atoms with E-state index in [-0.39, 0.29) is 24.0 Å². The lowest BCUT2D eigenvalue weighted by atomic mass is 10.1. The molecule has 2 aromatic rings. The van der Waals surface area contributed by atoms with Gasteiger partial charge in [-0.25, -0.2) is 0 Å². The summed E-state index contributed by atoms with van der Waals surface area (Å²) in [6.45, 7) is 7.62. The van der Waals surface area contributed by atoms with E-state index in [1.165, 1.54) is 16.7 Å². The van der Waals surface area contributed by atoms with Crippen molar-refractivity contribution in [2.24, 2.45) is 4.99 Å². The van der Waals surface area contributed by atoms with Crippen molar-refractivity contribution in [2.45, 2.75) is 38.9 Å². The number of ether oxygens (including phenoxy) is 1. The van der Waals surface area contributed by atoms with Gasteiger partial charge in [-0.05, 0) is 36.5 Å². The molecule has 1 heterocycles. The van der Waals surface area contributed by atoms with E-state index in [0.29, 0.717) is 6.04 Å². The summed E-state index contributed by atoms with van der Waals surface area (Å²) in [5.74, 6) is 0.853. The molecule has 0 saturated carbocycles. The Bertz CT molecular complexity index is 763. The SMILES string of the molecule is CN=C(NCc1ccccc1CN1CCOCC1)NC(C)CCc1ccccc1.I. The van der Waals surface area contributed by atoms with Crippen molar-refractivity contribution < 1.29 is 4.74 Å². The Morgan fingerprint density at radius 1 is 1.03 bits per heavy atom.